The number of carbonyl (C=O) groups excluding carboxylic acids is 1. The summed E-state index contributed by atoms with van der Waals surface area (Å²) < 4.78 is 1.76. The maximum absolute atomic E-state index is 12.8. The van der Waals surface area contributed by atoms with Crippen LogP contribution in [0, 0.1) is 0 Å². The van der Waals surface area contributed by atoms with Crippen molar-refractivity contribution in [2.45, 2.75) is 13.1 Å². The Hall–Kier alpha value is -2.70. The maximum atomic E-state index is 12.8. The molecule has 1 aliphatic rings. The summed E-state index contributed by atoms with van der Waals surface area (Å²) in [4.78, 5) is 21.0. The average Bonchev–Trinajstić information content (AvgIpc) is 3.22. The highest BCUT2D eigenvalue weighted by atomic mass is 35.5. The van der Waals surface area contributed by atoms with Gasteiger partial charge in [-0.15, -0.1) is 0 Å². The van der Waals surface area contributed by atoms with Crippen molar-refractivity contribution >= 4 is 17.5 Å². The van der Waals surface area contributed by atoms with E-state index in [9.17, 15) is 4.79 Å². The number of nitrogens with zero attached hydrogens (tertiary/aromatic N) is 5. The Bertz CT molecular complexity index is 918. The Balaban J connectivity index is 1.31. The predicted molar refractivity (Wildman–Crippen MR) is 108 cm³/mol. The van der Waals surface area contributed by atoms with Gasteiger partial charge in [0.2, 0.25) is 0 Å². The molecule has 0 unspecified atom stereocenters. The zero-order valence-electron chi connectivity index (χ0n) is 15.5. The smallest absolute Gasteiger partial charge is 0.253 e. The van der Waals surface area contributed by atoms with Crippen molar-refractivity contribution in [3.05, 3.63) is 82.9 Å². The van der Waals surface area contributed by atoms with Gasteiger partial charge in [-0.2, -0.15) is 5.10 Å². The van der Waals surface area contributed by atoms with Crippen LogP contribution in [0.1, 0.15) is 21.5 Å². The molecular weight excluding hydrogens is 374 g/mol. The largest absolute Gasteiger partial charge is 0.336 e. The van der Waals surface area contributed by atoms with Gasteiger partial charge in [0.25, 0.3) is 5.91 Å². The van der Waals surface area contributed by atoms with Gasteiger partial charge in [-0.25, -0.2) is 9.67 Å². The molecule has 0 aliphatic carbocycles. The SMILES string of the molecule is O=C(c1ccc(Cn2cncn2)cc1)N1CCN(Cc2cccc(Cl)c2)CC1. The van der Waals surface area contributed by atoms with Crippen molar-refractivity contribution in [3.8, 4) is 0 Å². The minimum atomic E-state index is 0.0923. The van der Waals surface area contributed by atoms with E-state index in [-0.39, 0.29) is 5.91 Å². The topological polar surface area (TPSA) is 54.3 Å². The van der Waals surface area contributed by atoms with Crippen molar-refractivity contribution in [2.75, 3.05) is 26.2 Å². The molecule has 0 radical (unpaired) electrons. The fraction of sp³-hybridized carbons (Fsp3) is 0.286. The minimum Gasteiger partial charge on any atom is -0.336 e. The van der Waals surface area contributed by atoms with E-state index in [1.165, 1.54) is 11.9 Å². The van der Waals surface area contributed by atoms with Crippen molar-refractivity contribution in [1.29, 1.82) is 0 Å². The molecule has 1 aromatic heterocycles. The molecule has 1 saturated heterocycles. The minimum absolute atomic E-state index is 0.0923. The lowest BCUT2D eigenvalue weighted by molar-refractivity contribution is 0.0628. The molecule has 2 aromatic carbocycles. The number of rotatable bonds is 5. The molecule has 0 N–H and O–H groups in total. The fourth-order valence-electron chi connectivity index (χ4n) is 3.44. The number of benzene rings is 2. The second-order valence-electron chi connectivity index (χ2n) is 6.99. The number of hydrogen-bond acceptors (Lipinski definition) is 4. The van der Waals surface area contributed by atoms with Gasteiger partial charge in [0.15, 0.2) is 0 Å². The number of piperazine rings is 1. The first-order valence-corrected chi connectivity index (χ1v) is 9.72. The van der Waals surface area contributed by atoms with E-state index in [4.69, 9.17) is 11.6 Å². The molecule has 0 spiro atoms. The molecule has 1 amide bonds. The Morgan fingerprint density at radius 2 is 1.75 bits per heavy atom. The molecule has 0 atom stereocenters. The monoisotopic (exact) mass is 395 g/mol. The first-order valence-electron chi connectivity index (χ1n) is 9.35. The number of carbonyl (C=O) groups is 1. The summed E-state index contributed by atoms with van der Waals surface area (Å²) in [7, 11) is 0. The van der Waals surface area contributed by atoms with E-state index >= 15 is 0 Å². The highest BCUT2D eigenvalue weighted by Gasteiger charge is 2.22. The third-order valence-electron chi connectivity index (χ3n) is 4.97. The van der Waals surface area contributed by atoms with Crippen molar-refractivity contribution in [3.63, 3.8) is 0 Å². The Labute approximate surface area is 169 Å². The van der Waals surface area contributed by atoms with Crippen LogP contribution < -0.4 is 0 Å². The predicted octanol–water partition coefficient (Wildman–Crippen LogP) is 2.94. The van der Waals surface area contributed by atoms with Crippen LogP contribution in [0.2, 0.25) is 5.02 Å². The highest BCUT2D eigenvalue weighted by molar-refractivity contribution is 6.30. The summed E-state index contributed by atoms with van der Waals surface area (Å²) in [5.74, 6) is 0.0923. The Morgan fingerprint density at radius 3 is 2.43 bits per heavy atom. The second kappa shape index (κ2) is 8.54. The molecule has 0 saturated carbocycles. The molecule has 28 heavy (non-hydrogen) atoms. The van der Waals surface area contributed by atoms with E-state index in [1.807, 2.05) is 47.4 Å². The van der Waals surface area contributed by atoms with Crippen LogP contribution in [-0.4, -0.2) is 56.7 Å². The van der Waals surface area contributed by atoms with Gasteiger partial charge in [0.1, 0.15) is 12.7 Å². The summed E-state index contributed by atoms with van der Waals surface area (Å²) in [5.41, 5.74) is 3.02. The van der Waals surface area contributed by atoms with Crippen LogP contribution in [-0.2, 0) is 13.1 Å². The number of aromatic nitrogens is 3. The van der Waals surface area contributed by atoms with Gasteiger partial charge >= 0.3 is 0 Å². The average molecular weight is 396 g/mol. The van der Waals surface area contributed by atoms with E-state index < -0.39 is 0 Å². The molecule has 1 fully saturated rings. The van der Waals surface area contributed by atoms with E-state index in [2.05, 4.69) is 21.0 Å². The summed E-state index contributed by atoms with van der Waals surface area (Å²) >= 11 is 6.07. The summed E-state index contributed by atoms with van der Waals surface area (Å²) in [6, 6.07) is 15.7. The first-order chi connectivity index (χ1) is 13.7. The van der Waals surface area contributed by atoms with Gasteiger partial charge in [0, 0.05) is 43.3 Å². The quantitative estimate of drug-likeness (QED) is 0.666. The van der Waals surface area contributed by atoms with Crippen molar-refractivity contribution < 1.29 is 4.79 Å². The van der Waals surface area contributed by atoms with Gasteiger partial charge in [-0.1, -0.05) is 35.9 Å². The lowest BCUT2D eigenvalue weighted by Crippen LogP contribution is -2.48. The molecule has 1 aliphatic heterocycles. The van der Waals surface area contributed by atoms with Crippen LogP contribution in [0.5, 0.6) is 0 Å². The summed E-state index contributed by atoms with van der Waals surface area (Å²) in [6.45, 7) is 4.71. The third-order valence-corrected chi connectivity index (χ3v) is 5.20. The van der Waals surface area contributed by atoms with E-state index in [0.29, 0.717) is 6.54 Å². The van der Waals surface area contributed by atoms with Gasteiger partial charge < -0.3 is 4.90 Å². The second-order valence-corrected chi connectivity index (χ2v) is 7.42. The Morgan fingerprint density at radius 1 is 0.964 bits per heavy atom. The van der Waals surface area contributed by atoms with Crippen molar-refractivity contribution in [1.82, 2.24) is 24.6 Å². The lowest BCUT2D eigenvalue weighted by atomic mass is 10.1. The van der Waals surface area contributed by atoms with Crippen LogP contribution in [0.3, 0.4) is 0 Å². The molecule has 3 aromatic rings. The molecule has 0 bridgehead atoms. The molecule has 4 rings (SSSR count). The molecule has 7 heteroatoms. The van der Waals surface area contributed by atoms with E-state index in [1.54, 1.807) is 11.0 Å². The lowest BCUT2D eigenvalue weighted by Gasteiger charge is -2.34. The van der Waals surface area contributed by atoms with Crippen LogP contribution >= 0.6 is 11.6 Å². The first kappa shape index (κ1) is 18.7. The van der Waals surface area contributed by atoms with Crippen LogP contribution in [0.4, 0.5) is 0 Å². The summed E-state index contributed by atoms with van der Waals surface area (Å²) in [6.07, 6.45) is 3.20. The molecule has 2 heterocycles. The van der Waals surface area contributed by atoms with Gasteiger partial charge in [-0.3, -0.25) is 9.69 Å². The highest BCUT2D eigenvalue weighted by Crippen LogP contribution is 2.15. The fourth-order valence-corrected chi connectivity index (χ4v) is 3.65. The van der Waals surface area contributed by atoms with Crippen LogP contribution in [0.25, 0.3) is 0 Å². The van der Waals surface area contributed by atoms with E-state index in [0.717, 1.165) is 48.9 Å². The molecule has 6 nitrogen and oxygen atoms in total. The normalized spacial score (nSPS) is 15.0. The Kier molecular flexibility index (Phi) is 5.69. The zero-order valence-corrected chi connectivity index (χ0v) is 16.3. The van der Waals surface area contributed by atoms with Crippen molar-refractivity contribution in [2.24, 2.45) is 0 Å². The number of amides is 1. The zero-order chi connectivity index (χ0) is 19.3. The van der Waals surface area contributed by atoms with Gasteiger partial charge in [-0.05, 0) is 35.4 Å². The number of halogens is 1. The third kappa shape index (κ3) is 4.58. The summed E-state index contributed by atoms with van der Waals surface area (Å²) in [5, 5.41) is 4.87. The number of hydrogen-bond donors (Lipinski definition) is 0. The molecular formula is C21H22ClN5O. The maximum Gasteiger partial charge on any atom is 0.253 e. The standard InChI is InChI=1S/C21H22ClN5O/c22-20-3-1-2-18(12-20)13-25-8-10-26(11-9-25)21(28)19-6-4-17(5-7-19)14-27-16-23-15-24-27/h1-7,12,15-16H,8-11,13-14H2. The van der Waals surface area contributed by atoms with Crippen LogP contribution in [0.15, 0.2) is 61.2 Å². The van der Waals surface area contributed by atoms with Gasteiger partial charge in [0.05, 0.1) is 6.54 Å². The molecule has 144 valence electrons.